The van der Waals surface area contributed by atoms with Crippen molar-refractivity contribution in [2.24, 2.45) is 5.73 Å². The zero-order valence-corrected chi connectivity index (χ0v) is 6.66. The Morgan fingerprint density at radius 3 is 3.08 bits per heavy atom. The number of nitrogens with two attached hydrogens (primary N) is 1. The fourth-order valence-corrected chi connectivity index (χ4v) is 0.757. The van der Waals surface area contributed by atoms with Crippen molar-refractivity contribution in [3.05, 3.63) is 24.2 Å². The van der Waals surface area contributed by atoms with Crippen molar-refractivity contribution in [2.75, 3.05) is 19.8 Å². The molecule has 1 aromatic heterocycles. The van der Waals surface area contributed by atoms with Gasteiger partial charge in [-0.2, -0.15) is 0 Å². The number of furan rings is 1. The maximum absolute atomic E-state index is 11.1. The van der Waals surface area contributed by atoms with E-state index in [-0.39, 0.29) is 12.4 Å². The Morgan fingerprint density at radius 2 is 2.50 bits per heavy atom. The van der Waals surface area contributed by atoms with Gasteiger partial charge in [-0.3, -0.25) is 4.79 Å². The lowest BCUT2D eigenvalue weighted by Crippen LogP contribution is -2.14. The summed E-state index contributed by atoms with van der Waals surface area (Å²) in [5, 5.41) is 0. The maximum Gasteiger partial charge on any atom is 0.223 e. The Labute approximate surface area is 70.3 Å². The molecule has 0 saturated heterocycles. The van der Waals surface area contributed by atoms with Crippen LogP contribution < -0.4 is 5.73 Å². The summed E-state index contributed by atoms with van der Waals surface area (Å²) in [6.45, 7) is 0.850. The number of hydrogen-bond acceptors (Lipinski definition) is 4. The van der Waals surface area contributed by atoms with E-state index in [1.165, 1.54) is 6.26 Å². The highest BCUT2D eigenvalue weighted by Crippen LogP contribution is 2.00. The molecular formula is C8H11NO3. The van der Waals surface area contributed by atoms with Crippen molar-refractivity contribution in [3.8, 4) is 0 Å². The highest BCUT2D eigenvalue weighted by molar-refractivity contribution is 5.94. The summed E-state index contributed by atoms with van der Waals surface area (Å²) < 4.78 is 9.80. The number of carbonyl (C=O) groups is 1. The number of Topliss-reactive ketones (excluding diaryl/α,β-unsaturated/α-hetero) is 1. The van der Waals surface area contributed by atoms with Crippen molar-refractivity contribution in [3.63, 3.8) is 0 Å². The van der Waals surface area contributed by atoms with Gasteiger partial charge in [0.2, 0.25) is 5.78 Å². The van der Waals surface area contributed by atoms with E-state index in [9.17, 15) is 4.79 Å². The lowest BCUT2D eigenvalue weighted by atomic mass is 10.3. The Bertz CT molecular complexity index is 230. The molecule has 12 heavy (non-hydrogen) atoms. The van der Waals surface area contributed by atoms with Crippen LogP contribution in [0.15, 0.2) is 22.8 Å². The van der Waals surface area contributed by atoms with Crippen LogP contribution in [0, 0.1) is 0 Å². The molecule has 4 nitrogen and oxygen atoms in total. The zero-order valence-electron chi connectivity index (χ0n) is 6.66. The first-order valence-corrected chi connectivity index (χ1v) is 3.69. The summed E-state index contributed by atoms with van der Waals surface area (Å²) in [6, 6.07) is 3.27. The number of ketones is 1. The first-order valence-electron chi connectivity index (χ1n) is 3.69. The minimum atomic E-state index is -0.159. The summed E-state index contributed by atoms with van der Waals surface area (Å²) in [6.07, 6.45) is 1.45. The molecule has 0 aromatic carbocycles. The normalized spacial score (nSPS) is 10.1. The van der Waals surface area contributed by atoms with E-state index in [1.807, 2.05) is 0 Å². The molecule has 4 heteroatoms. The molecular weight excluding hydrogens is 158 g/mol. The van der Waals surface area contributed by atoms with Crippen molar-refractivity contribution in [1.82, 2.24) is 0 Å². The van der Waals surface area contributed by atoms with Gasteiger partial charge in [0, 0.05) is 6.54 Å². The number of carbonyl (C=O) groups excluding carboxylic acids is 1. The van der Waals surface area contributed by atoms with Gasteiger partial charge in [-0.1, -0.05) is 0 Å². The van der Waals surface area contributed by atoms with E-state index in [0.717, 1.165) is 0 Å². The van der Waals surface area contributed by atoms with Crippen molar-refractivity contribution < 1.29 is 13.9 Å². The molecule has 1 rings (SSSR count). The molecule has 0 aliphatic carbocycles. The van der Waals surface area contributed by atoms with Gasteiger partial charge < -0.3 is 14.9 Å². The van der Waals surface area contributed by atoms with E-state index in [2.05, 4.69) is 0 Å². The third-order valence-electron chi connectivity index (χ3n) is 1.29. The van der Waals surface area contributed by atoms with Crippen LogP contribution in [-0.2, 0) is 4.74 Å². The Kier molecular flexibility index (Phi) is 3.50. The van der Waals surface area contributed by atoms with E-state index in [1.54, 1.807) is 12.1 Å². The first kappa shape index (κ1) is 8.96. The van der Waals surface area contributed by atoms with Gasteiger partial charge >= 0.3 is 0 Å². The second kappa shape index (κ2) is 4.69. The summed E-state index contributed by atoms with van der Waals surface area (Å²) >= 11 is 0. The van der Waals surface area contributed by atoms with Crippen LogP contribution >= 0.6 is 0 Å². The summed E-state index contributed by atoms with van der Waals surface area (Å²) in [5.41, 5.74) is 5.17. The molecule has 0 aliphatic heterocycles. The molecule has 0 amide bonds. The lowest BCUT2D eigenvalue weighted by Gasteiger charge is -1.98. The molecule has 0 spiro atoms. The Morgan fingerprint density at radius 1 is 1.67 bits per heavy atom. The fourth-order valence-electron chi connectivity index (χ4n) is 0.757. The molecule has 1 aromatic rings. The molecule has 66 valence electrons. The standard InChI is InChI=1S/C8H11NO3/c9-3-5-11-6-7(10)8-2-1-4-12-8/h1-2,4H,3,5-6,9H2. The molecule has 0 radical (unpaired) electrons. The Balaban J connectivity index is 2.30. The maximum atomic E-state index is 11.1. The van der Waals surface area contributed by atoms with Crippen LogP contribution in [0.2, 0.25) is 0 Å². The smallest absolute Gasteiger partial charge is 0.223 e. The third-order valence-corrected chi connectivity index (χ3v) is 1.29. The largest absolute Gasteiger partial charge is 0.461 e. The van der Waals surface area contributed by atoms with Crippen LogP contribution in [0.4, 0.5) is 0 Å². The van der Waals surface area contributed by atoms with E-state index in [0.29, 0.717) is 18.9 Å². The monoisotopic (exact) mass is 169 g/mol. The van der Waals surface area contributed by atoms with Gasteiger partial charge in [0.25, 0.3) is 0 Å². The van der Waals surface area contributed by atoms with Crippen LogP contribution in [0.1, 0.15) is 10.6 Å². The molecule has 0 unspecified atom stereocenters. The third kappa shape index (κ3) is 2.48. The van der Waals surface area contributed by atoms with Crippen LogP contribution in [0.5, 0.6) is 0 Å². The molecule has 1 heterocycles. The van der Waals surface area contributed by atoms with Gasteiger partial charge in [0.15, 0.2) is 5.76 Å². The Hall–Kier alpha value is -1.13. The number of hydrogen-bond donors (Lipinski definition) is 1. The van der Waals surface area contributed by atoms with Gasteiger partial charge in [-0.25, -0.2) is 0 Å². The summed E-state index contributed by atoms with van der Waals surface area (Å²) in [4.78, 5) is 11.1. The molecule has 2 N–H and O–H groups in total. The zero-order chi connectivity index (χ0) is 8.81. The average Bonchev–Trinajstić information content (AvgIpc) is 2.56. The minimum absolute atomic E-state index is 0.0325. The molecule has 0 atom stereocenters. The van der Waals surface area contributed by atoms with Crippen LogP contribution in [0.25, 0.3) is 0 Å². The van der Waals surface area contributed by atoms with Crippen LogP contribution in [0.3, 0.4) is 0 Å². The predicted molar refractivity (Wildman–Crippen MR) is 42.9 cm³/mol. The average molecular weight is 169 g/mol. The lowest BCUT2D eigenvalue weighted by molar-refractivity contribution is 0.0747. The van der Waals surface area contributed by atoms with Gasteiger partial charge in [-0.15, -0.1) is 0 Å². The molecule has 0 aliphatic rings. The molecule has 0 bridgehead atoms. The van der Waals surface area contributed by atoms with Crippen LogP contribution in [-0.4, -0.2) is 25.5 Å². The van der Waals surface area contributed by atoms with E-state index in [4.69, 9.17) is 14.9 Å². The molecule has 0 saturated carbocycles. The van der Waals surface area contributed by atoms with Crippen molar-refractivity contribution >= 4 is 5.78 Å². The second-order valence-electron chi connectivity index (χ2n) is 2.24. The molecule has 0 fully saturated rings. The topological polar surface area (TPSA) is 65.5 Å². The second-order valence-corrected chi connectivity index (χ2v) is 2.24. The highest BCUT2D eigenvalue weighted by Gasteiger charge is 2.07. The fraction of sp³-hybridized carbons (Fsp3) is 0.375. The predicted octanol–water partition coefficient (Wildman–Crippen LogP) is 0.438. The quantitative estimate of drug-likeness (QED) is 0.513. The minimum Gasteiger partial charge on any atom is -0.461 e. The number of ether oxygens (including phenoxy) is 1. The summed E-state index contributed by atoms with van der Waals surface area (Å²) in [7, 11) is 0. The van der Waals surface area contributed by atoms with E-state index < -0.39 is 0 Å². The van der Waals surface area contributed by atoms with Crippen molar-refractivity contribution in [2.45, 2.75) is 0 Å². The summed E-state index contributed by atoms with van der Waals surface area (Å²) in [5.74, 6) is 0.167. The van der Waals surface area contributed by atoms with E-state index >= 15 is 0 Å². The van der Waals surface area contributed by atoms with Gasteiger partial charge in [0.05, 0.1) is 12.9 Å². The SMILES string of the molecule is NCCOCC(=O)c1ccco1. The van der Waals surface area contributed by atoms with Gasteiger partial charge in [0.1, 0.15) is 6.61 Å². The van der Waals surface area contributed by atoms with Gasteiger partial charge in [-0.05, 0) is 12.1 Å². The first-order chi connectivity index (χ1) is 5.84. The van der Waals surface area contributed by atoms with Crippen molar-refractivity contribution in [1.29, 1.82) is 0 Å². The highest BCUT2D eigenvalue weighted by atomic mass is 16.5. The number of rotatable bonds is 5.